The quantitative estimate of drug-likeness (QED) is 0.831. The number of nitrogens with one attached hydrogen (secondary N) is 1. The molecule has 0 saturated heterocycles. The molecule has 0 aromatic carbocycles. The summed E-state index contributed by atoms with van der Waals surface area (Å²) in [5.41, 5.74) is -0.664. The molecule has 0 saturated carbocycles. The zero-order valence-corrected chi connectivity index (χ0v) is 10.7. The third-order valence-electron chi connectivity index (χ3n) is 2.28. The maximum absolute atomic E-state index is 12.6. The van der Waals surface area contributed by atoms with Gasteiger partial charge in [0.2, 0.25) is 0 Å². The molecule has 0 aliphatic carbocycles. The fourth-order valence-electron chi connectivity index (χ4n) is 1.15. The fourth-order valence-corrected chi connectivity index (χ4v) is 2.07. The highest BCUT2D eigenvalue weighted by Gasteiger charge is 2.31. The molecule has 1 N–H and O–H groups in total. The summed E-state index contributed by atoms with van der Waals surface area (Å²) >= 11 is 1.35. The number of pyridine rings is 1. The lowest BCUT2D eigenvalue weighted by atomic mass is 10.2. The molecular weight excluding hydrogens is 249 g/mol. The Morgan fingerprint density at radius 1 is 1.41 bits per heavy atom. The second-order valence-corrected chi connectivity index (χ2v) is 5.12. The van der Waals surface area contributed by atoms with Crippen molar-refractivity contribution >= 4 is 17.6 Å². The molecule has 1 aromatic rings. The summed E-state index contributed by atoms with van der Waals surface area (Å²) in [5.74, 6) is 0.241. The third kappa shape index (κ3) is 4.11. The largest absolute Gasteiger partial charge is 0.416 e. The molecule has 0 spiro atoms. The molecule has 1 unspecified atom stereocenters. The van der Waals surface area contributed by atoms with Crippen molar-refractivity contribution in [1.29, 1.82) is 0 Å². The lowest BCUT2D eigenvalue weighted by Gasteiger charge is -2.13. The molecule has 1 rings (SSSR count). The van der Waals surface area contributed by atoms with Crippen molar-refractivity contribution in [3.05, 3.63) is 17.7 Å². The first-order chi connectivity index (χ1) is 7.86. The Bertz CT molecular complexity index is 379. The Morgan fingerprint density at radius 3 is 2.53 bits per heavy atom. The van der Waals surface area contributed by atoms with Crippen LogP contribution in [-0.4, -0.2) is 17.3 Å². The van der Waals surface area contributed by atoms with Crippen molar-refractivity contribution in [1.82, 2.24) is 4.98 Å². The van der Waals surface area contributed by atoms with Gasteiger partial charge in [0, 0.05) is 12.3 Å². The Kier molecular flexibility index (Phi) is 4.68. The van der Waals surface area contributed by atoms with E-state index in [2.05, 4.69) is 10.3 Å². The summed E-state index contributed by atoms with van der Waals surface area (Å²) in [5, 5.41) is 3.29. The number of hydrogen-bond donors (Lipinski definition) is 1. The normalized spacial score (nSPS) is 13.5. The van der Waals surface area contributed by atoms with Gasteiger partial charge in [-0.3, -0.25) is 0 Å². The summed E-state index contributed by atoms with van der Waals surface area (Å²) in [7, 11) is 1.56. The Morgan fingerprint density at radius 2 is 2.06 bits per heavy atom. The van der Waals surface area contributed by atoms with Crippen molar-refractivity contribution in [3.8, 4) is 0 Å². The monoisotopic (exact) mass is 264 g/mol. The summed E-state index contributed by atoms with van der Waals surface area (Å²) < 4.78 is 37.9. The highest BCUT2D eigenvalue weighted by molar-refractivity contribution is 7.99. The molecule has 96 valence electrons. The van der Waals surface area contributed by atoms with Gasteiger partial charge in [0.15, 0.2) is 0 Å². The van der Waals surface area contributed by atoms with E-state index in [1.807, 2.05) is 13.8 Å². The molecule has 1 aromatic heterocycles. The van der Waals surface area contributed by atoms with Crippen LogP contribution in [0.25, 0.3) is 0 Å². The summed E-state index contributed by atoms with van der Waals surface area (Å²) in [6.07, 6.45) is -3.45. The van der Waals surface area contributed by atoms with E-state index in [4.69, 9.17) is 0 Å². The number of aromatic nitrogens is 1. The number of hydrogen-bond acceptors (Lipinski definition) is 3. The van der Waals surface area contributed by atoms with Crippen LogP contribution in [0.1, 0.15) is 25.8 Å². The van der Waals surface area contributed by atoms with Gasteiger partial charge >= 0.3 is 6.18 Å². The van der Waals surface area contributed by atoms with Crippen LogP contribution in [0.3, 0.4) is 0 Å². The van der Waals surface area contributed by atoms with Gasteiger partial charge in [-0.15, -0.1) is 11.8 Å². The first kappa shape index (κ1) is 14.2. The minimum absolute atomic E-state index is 0.241. The van der Waals surface area contributed by atoms with Crippen LogP contribution in [0, 0.1) is 0 Å². The average Bonchev–Trinajstić information content (AvgIpc) is 2.27. The maximum Gasteiger partial charge on any atom is 0.416 e. The fraction of sp³-hybridized carbons (Fsp3) is 0.545. The van der Waals surface area contributed by atoms with Gasteiger partial charge in [0.05, 0.1) is 10.6 Å². The van der Waals surface area contributed by atoms with Crippen molar-refractivity contribution < 1.29 is 13.2 Å². The van der Waals surface area contributed by atoms with E-state index in [9.17, 15) is 13.2 Å². The average molecular weight is 264 g/mol. The van der Waals surface area contributed by atoms with E-state index in [0.717, 1.165) is 18.6 Å². The van der Waals surface area contributed by atoms with E-state index >= 15 is 0 Å². The van der Waals surface area contributed by atoms with Crippen LogP contribution in [0.2, 0.25) is 0 Å². The minimum Gasteiger partial charge on any atom is -0.373 e. The Balaban J connectivity index is 3.05. The van der Waals surface area contributed by atoms with Gasteiger partial charge in [-0.2, -0.15) is 13.2 Å². The summed E-state index contributed by atoms with van der Waals surface area (Å²) in [6.45, 7) is 3.95. The molecule has 0 aliphatic heterocycles. The molecule has 6 heteroatoms. The lowest BCUT2D eigenvalue weighted by molar-refractivity contribution is -0.137. The summed E-state index contributed by atoms with van der Waals surface area (Å²) in [4.78, 5) is 4.11. The molecule has 1 atom stereocenters. The molecule has 0 aliphatic rings. The van der Waals surface area contributed by atoms with Gasteiger partial charge in [0.25, 0.3) is 0 Å². The molecule has 0 amide bonds. The van der Waals surface area contributed by atoms with Crippen LogP contribution in [0.15, 0.2) is 17.2 Å². The highest BCUT2D eigenvalue weighted by Crippen LogP contribution is 2.34. The van der Waals surface area contributed by atoms with Crippen molar-refractivity contribution in [3.63, 3.8) is 0 Å². The van der Waals surface area contributed by atoms with E-state index in [1.165, 1.54) is 11.8 Å². The second kappa shape index (κ2) is 5.62. The van der Waals surface area contributed by atoms with Crippen LogP contribution < -0.4 is 5.32 Å². The zero-order valence-electron chi connectivity index (χ0n) is 9.93. The Labute approximate surface area is 103 Å². The Hall–Kier alpha value is -0.910. The number of rotatable bonds is 4. The van der Waals surface area contributed by atoms with Crippen molar-refractivity contribution in [2.45, 2.75) is 36.7 Å². The number of nitrogens with zero attached hydrogens (tertiary/aromatic N) is 1. The van der Waals surface area contributed by atoms with Gasteiger partial charge in [0.1, 0.15) is 5.82 Å². The molecule has 17 heavy (non-hydrogen) atoms. The van der Waals surface area contributed by atoms with Crippen molar-refractivity contribution in [2.24, 2.45) is 0 Å². The van der Waals surface area contributed by atoms with Crippen molar-refractivity contribution in [2.75, 3.05) is 12.4 Å². The first-order valence-corrected chi connectivity index (χ1v) is 6.18. The number of alkyl halides is 3. The molecule has 0 bridgehead atoms. The SMILES string of the molecule is CCC(C)Sc1cc(C(F)(F)F)cc(NC)n1. The zero-order chi connectivity index (χ0) is 13.1. The number of halogens is 3. The third-order valence-corrected chi connectivity index (χ3v) is 3.47. The van der Waals surface area contributed by atoms with E-state index < -0.39 is 11.7 Å². The van der Waals surface area contributed by atoms with Gasteiger partial charge < -0.3 is 5.32 Å². The topological polar surface area (TPSA) is 24.9 Å². The van der Waals surface area contributed by atoms with E-state index in [-0.39, 0.29) is 11.1 Å². The first-order valence-electron chi connectivity index (χ1n) is 5.30. The van der Waals surface area contributed by atoms with Crippen LogP contribution in [0.4, 0.5) is 19.0 Å². The minimum atomic E-state index is -4.33. The number of thioether (sulfide) groups is 1. The molecule has 2 nitrogen and oxygen atoms in total. The maximum atomic E-state index is 12.6. The van der Waals surface area contributed by atoms with E-state index in [1.54, 1.807) is 7.05 Å². The molecule has 1 heterocycles. The van der Waals surface area contributed by atoms with Gasteiger partial charge in [-0.1, -0.05) is 13.8 Å². The predicted molar refractivity (Wildman–Crippen MR) is 64.4 cm³/mol. The summed E-state index contributed by atoms with van der Waals surface area (Å²) in [6, 6.07) is 2.11. The molecular formula is C11H15F3N2S. The lowest BCUT2D eigenvalue weighted by Crippen LogP contribution is -2.08. The van der Waals surface area contributed by atoms with Crippen LogP contribution in [0.5, 0.6) is 0 Å². The number of anilines is 1. The standard InChI is InChI=1S/C11H15F3N2S/c1-4-7(2)17-10-6-8(11(12,13)14)5-9(15-3)16-10/h5-7H,4H2,1-3H3,(H,15,16). The van der Waals surface area contributed by atoms with Crippen LogP contribution >= 0.6 is 11.8 Å². The van der Waals surface area contributed by atoms with E-state index in [0.29, 0.717) is 5.03 Å². The van der Waals surface area contributed by atoms with Gasteiger partial charge in [-0.05, 0) is 18.6 Å². The second-order valence-electron chi connectivity index (χ2n) is 3.66. The smallest absolute Gasteiger partial charge is 0.373 e. The highest BCUT2D eigenvalue weighted by atomic mass is 32.2. The van der Waals surface area contributed by atoms with Gasteiger partial charge in [-0.25, -0.2) is 4.98 Å². The predicted octanol–water partition coefficient (Wildman–Crippen LogP) is 4.03. The molecule has 0 fully saturated rings. The molecule has 0 radical (unpaired) electrons. The van der Waals surface area contributed by atoms with Crippen LogP contribution in [-0.2, 0) is 6.18 Å².